The van der Waals surface area contributed by atoms with E-state index < -0.39 is 11.8 Å². The summed E-state index contributed by atoms with van der Waals surface area (Å²) in [5, 5.41) is 0. The maximum Gasteiger partial charge on any atom is 0.280 e. The maximum absolute atomic E-state index is 11.6. The van der Waals surface area contributed by atoms with Gasteiger partial charge in [-0.1, -0.05) is 72.3 Å². The number of amides is 2. The molecule has 0 spiro atoms. The molecule has 3 aromatic carbocycles. The van der Waals surface area contributed by atoms with Crippen molar-refractivity contribution in [3.63, 3.8) is 0 Å². The molecule has 0 radical (unpaired) electrons. The van der Waals surface area contributed by atoms with Gasteiger partial charge in [0.15, 0.2) is 11.9 Å². The lowest BCUT2D eigenvalue weighted by molar-refractivity contribution is -0.113. The quantitative estimate of drug-likeness (QED) is 0.276. The summed E-state index contributed by atoms with van der Waals surface area (Å²) >= 11 is 0. The molecule has 8 nitrogen and oxygen atoms in total. The number of nitrogens with two attached hydrogens (primary N) is 4. The van der Waals surface area contributed by atoms with E-state index in [9.17, 15) is 9.59 Å². The van der Waals surface area contributed by atoms with Gasteiger partial charge >= 0.3 is 0 Å². The van der Waals surface area contributed by atoms with E-state index in [2.05, 4.69) is 9.98 Å². The number of hydrogen-bond acceptors (Lipinski definition) is 2. The van der Waals surface area contributed by atoms with Gasteiger partial charge in [-0.05, 0) is 41.8 Å². The van der Waals surface area contributed by atoms with E-state index in [4.69, 9.17) is 22.9 Å². The fraction of sp³-hybridized carbons (Fsp3) is 0.0400. The lowest BCUT2D eigenvalue weighted by Crippen LogP contribution is -2.24. The summed E-state index contributed by atoms with van der Waals surface area (Å²) in [6.45, 7) is 1.98. The lowest BCUT2D eigenvalue weighted by atomic mass is 10.0. The van der Waals surface area contributed by atoms with Crippen LogP contribution < -0.4 is 22.9 Å². The Balaban J connectivity index is 0.000000238. The number of benzene rings is 3. The highest BCUT2D eigenvalue weighted by molar-refractivity contribution is 6.02. The van der Waals surface area contributed by atoms with Crippen molar-refractivity contribution in [3.05, 3.63) is 102 Å². The summed E-state index contributed by atoms with van der Waals surface area (Å²) in [6, 6.07) is 24.8. The first kappa shape index (κ1) is 24.5. The van der Waals surface area contributed by atoms with E-state index in [1.165, 1.54) is 6.08 Å². The first-order valence-electron chi connectivity index (χ1n) is 9.92. The molecule has 168 valence electrons. The van der Waals surface area contributed by atoms with Gasteiger partial charge in [0.2, 0.25) is 0 Å². The van der Waals surface area contributed by atoms with Crippen LogP contribution in [0, 0.1) is 6.92 Å². The van der Waals surface area contributed by atoms with Gasteiger partial charge in [-0.3, -0.25) is 9.59 Å². The number of guanidine groups is 2. The second kappa shape index (κ2) is 12.2. The summed E-state index contributed by atoms with van der Waals surface area (Å²) in [7, 11) is 0. The van der Waals surface area contributed by atoms with Crippen molar-refractivity contribution in [2.45, 2.75) is 6.92 Å². The monoisotopic (exact) mass is 442 g/mol. The van der Waals surface area contributed by atoms with Gasteiger partial charge in [0.25, 0.3) is 11.8 Å². The molecule has 0 aliphatic heterocycles. The van der Waals surface area contributed by atoms with E-state index in [0.29, 0.717) is 5.56 Å². The van der Waals surface area contributed by atoms with Gasteiger partial charge in [0.05, 0.1) is 0 Å². The number of carbonyl (C=O) groups excluding carboxylic acids is 2. The Morgan fingerprint density at radius 3 is 1.91 bits per heavy atom. The van der Waals surface area contributed by atoms with Gasteiger partial charge in [0, 0.05) is 11.6 Å². The molecule has 0 bridgehead atoms. The molecule has 0 aliphatic carbocycles. The van der Waals surface area contributed by atoms with Crippen molar-refractivity contribution in [1.82, 2.24) is 0 Å². The van der Waals surface area contributed by atoms with Crippen LogP contribution in [0.1, 0.15) is 21.5 Å². The van der Waals surface area contributed by atoms with E-state index in [1.54, 1.807) is 18.2 Å². The summed E-state index contributed by atoms with van der Waals surface area (Å²) in [5.41, 5.74) is 25.1. The SMILES string of the molecule is Cc1cccc(C=CC(=O)N=C(N)N)c1.NC(N)=NC(=O)c1ccc(-c2ccccc2)cc1. The van der Waals surface area contributed by atoms with E-state index in [0.717, 1.165) is 22.3 Å². The van der Waals surface area contributed by atoms with Crippen molar-refractivity contribution in [2.75, 3.05) is 0 Å². The number of hydrogen-bond donors (Lipinski definition) is 4. The van der Waals surface area contributed by atoms with Crippen LogP contribution in [0.3, 0.4) is 0 Å². The van der Waals surface area contributed by atoms with Crippen molar-refractivity contribution >= 4 is 29.8 Å². The van der Waals surface area contributed by atoms with Gasteiger partial charge in [-0.2, -0.15) is 9.98 Å². The largest absolute Gasteiger partial charge is 0.370 e. The Kier molecular flexibility index (Phi) is 9.08. The van der Waals surface area contributed by atoms with Crippen LogP contribution in [0.15, 0.2) is 94.9 Å². The minimum atomic E-state index is -0.462. The highest BCUT2D eigenvalue weighted by atomic mass is 16.1. The Morgan fingerprint density at radius 2 is 1.33 bits per heavy atom. The maximum atomic E-state index is 11.6. The third kappa shape index (κ3) is 8.89. The van der Waals surface area contributed by atoms with Crippen molar-refractivity contribution in [2.24, 2.45) is 32.9 Å². The molecule has 8 heteroatoms. The Morgan fingerprint density at radius 1 is 0.727 bits per heavy atom. The second-order valence-corrected chi connectivity index (χ2v) is 6.91. The number of aliphatic imine (C=N–C) groups is 2. The zero-order valence-corrected chi connectivity index (χ0v) is 18.2. The van der Waals surface area contributed by atoms with Gasteiger partial charge in [-0.15, -0.1) is 0 Å². The van der Waals surface area contributed by atoms with Crippen LogP contribution in [0.4, 0.5) is 0 Å². The third-order valence-corrected chi connectivity index (χ3v) is 4.17. The van der Waals surface area contributed by atoms with E-state index in [-0.39, 0.29) is 11.9 Å². The number of rotatable bonds is 4. The second-order valence-electron chi connectivity index (χ2n) is 6.91. The Bertz CT molecular complexity index is 1180. The van der Waals surface area contributed by atoms with Crippen molar-refractivity contribution in [1.29, 1.82) is 0 Å². The molecule has 3 rings (SSSR count). The van der Waals surface area contributed by atoms with Crippen LogP contribution >= 0.6 is 0 Å². The molecule has 2 amide bonds. The molecule has 0 atom stereocenters. The molecule has 3 aromatic rings. The van der Waals surface area contributed by atoms with Crippen molar-refractivity contribution < 1.29 is 9.59 Å². The normalized spacial score (nSPS) is 9.97. The predicted molar refractivity (Wildman–Crippen MR) is 133 cm³/mol. The first-order chi connectivity index (χ1) is 15.7. The first-order valence-corrected chi connectivity index (χ1v) is 9.92. The average molecular weight is 443 g/mol. The van der Waals surface area contributed by atoms with Gasteiger partial charge in [-0.25, -0.2) is 0 Å². The minimum absolute atomic E-state index is 0.228. The molecule has 0 aromatic heterocycles. The lowest BCUT2D eigenvalue weighted by Gasteiger charge is -2.02. The topological polar surface area (TPSA) is 163 Å². The number of aryl methyl sites for hydroxylation is 1. The summed E-state index contributed by atoms with van der Waals surface area (Å²) in [5.74, 6) is -1.35. The fourth-order valence-corrected chi connectivity index (χ4v) is 2.72. The molecular formula is C25H26N6O2. The smallest absolute Gasteiger partial charge is 0.280 e. The van der Waals surface area contributed by atoms with Crippen LogP contribution in [-0.2, 0) is 4.79 Å². The zero-order valence-electron chi connectivity index (χ0n) is 18.2. The molecule has 33 heavy (non-hydrogen) atoms. The molecular weight excluding hydrogens is 416 g/mol. The van der Waals surface area contributed by atoms with Crippen molar-refractivity contribution in [3.8, 4) is 11.1 Å². The molecule has 0 saturated carbocycles. The zero-order chi connectivity index (χ0) is 24.2. The van der Waals surface area contributed by atoms with Crippen LogP contribution in [0.25, 0.3) is 17.2 Å². The Hall–Kier alpha value is -4.72. The summed E-state index contributed by atoms with van der Waals surface area (Å²) in [6.07, 6.45) is 3.00. The predicted octanol–water partition coefficient (Wildman–Crippen LogP) is 2.58. The highest BCUT2D eigenvalue weighted by Gasteiger charge is 2.04. The molecule has 0 aliphatic rings. The van der Waals surface area contributed by atoms with E-state index in [1.807, 2.05) is 73.7 Å². The van der Waals surface area contributed by atoms with Gasteiger partial charge < -0.3 is 22.9 Å². The number of nitrogens with zero attached hydrogens (tertiary/aromatic N) is 2. The average Bonchev–Trinajstić information content (AvgIpc) is 2.78. The summed E-state index contributed by atoms with van der Waals surface area (Å²) < 4.78 is 0. The van der Waals surface area contributed by atoms with Crippen LogP contribution in [0.5, 0.6) is 0 Å². The summed E-state index contributed by atoms with van der Waals surface area (Å²) in [4.78, 5) is 29.5. The minimum Gasteiger partial charge on any atom is -0.370 e. The van der Waals surface area contributed by atoms with E-state index >= 15 is 0 Å². The third-order valence-electron chi connectivity index (χ3n) is 4.17. The molecule has 0 heterocycles. The highest BCUT2D eigenvalue weighted by Crippen LogP contribution is 2.19. The Labute approximate surface area is 192 Å². The van der Waals surface area contributed by atoms with Gasteiger partial charge in [0.1, 0.15) is 0 Å². The molecule has 8 N–H and O–H groups in total. The molecule has 0 unspecified atom stereocenters. The standard InChI is InChI=1S/C14H13N3O.C11H13N3O/c15-14(16)17-13(18)12-8-6-11(7-9-12)10-4-2-1-3-5-10;1-8-3-2-4-9(7-8)5-6-10(15)14-11(12)13/h1-9H,(H4,15,16,17,18);2-7H,1H3,(H4,12,13,14,15). The molecule has 0 fully saturated rings. The van der Waals surface area contributed by atoms with Crippen LogP contribution in [0.2, 0.25) is 0 Å². The number of carbonyl (C=O) groups is 2. The van der Waals surface area contributed by atoms with Crippen LogP contribution in [-0.4, -0.2) is 23.7 Å². The molecule has 0 saturated heterocycles. The fourth-order valence-electron chi connectivity index (χ4n) is 2.72.